The average molecular weight is 213 g/mol. The summed E-state index contributed by atoms with van der Waals surface area (Å²) in [5, 5.41) is 1.78. The summed E-state index contributed by atoms with van der Waals surface area (Å²) >= 11 is 11.8. The zero-order valence-electron chi connectivity index (χ0n) is 6.59. The number of pyridine rings is 1. The van der Waals surface area contributed by atoms with E-state index in [9.17, 15) is 0 Å². The normalized spacial score (nSPS) is 10.6. The van der Waals surface area contributed by atoms with Crippen molar-refractivity contribution in [1.82, 2.24) is 4.98 Å². The molecule has 0 atom stereocenters. The summed E-state index contributed by atoms with van der Waals surface area (Å²) in [6.45, 7) is 0. The Kier molecular flexibility index (Phi) is 2.02. The zero-order chi connectivity index (χ0) is 9.42. The molecule has 0 spiro atoms. The van der Waals surface area contributed by atoms with Crippen molar-refractivity contribution in [2.45, 2.75) is 0 Å². The second kappa shape index (κ2) is 3.05. The molecule has 0 unspecified atom stereocenters. The number of hydrogen-bond acceptors (Lipinski definition) is 2. The minimum Gasteiger partial charge on any atom is -0.397 e. The average Bonchev–Trinajstić information content (AvgIpc) is 2.15. The summed E-state index contributed by atoms with van der Waals surface area (Å²) in [5.74, 6) is 0. The molecule has 1 aromatic carbocycles. The highest BCUT2D eigenvalue weighted by Gasteiger charge is 2.06. The molecule has 2 aromatic rings. The fraction of sp³-hybridized carbons (Fsp3) is 0. The van der Waals surface area contributed by atoms with Gasteiger partial charge in [0.05, 0.1) is 21.2 Å². The molecular weight excluding hydrogens is 207 g/mol. The molecule has 66 valence electrons. The van der Waals surface area contributed by atoms with Gasteiger partial charge in [-0.25, -0.2) is 0 Å². The van der Waals surface area contributed by atoms with E-state index in [4.69, 9.17) is 28.9 Å². The highest BCUT2D eigenvalue weighted by molar-refractivity contribution is 6.40. The van der Waals surface area contributed by atoms with Crippen molar-refractivity contribution in [3.8, 4) is 0 Å². The Labute approximate surface area is 85.3 Å². The van der Waals surface area contributed by atoms with Crippen LogP contribution in [0.25, 0.3) is 10.9 Å². The maximum Gasteiger partial charge on any atom is 0.0909 e. The van der Waals surface area contributed by atoms with Crippen molar-refractivity contribution in [3.63, 3.8) is 0 Å². The summed E-state index contributed by atoms with van der Waals surface area (Å²) < 4.78 is 0. The van der Waals surface area contributed by atoms with Crippen LogP contribution in [-0.2, 0) is 0 Å². The van der Waals surface area contributed by atoms with Gasteiger partial charge in [0, 0.05) is 11.6 Å². The highest BCUT2D eigenvalue weighted by atomic mass is 35.5. The van der Waals surface area contributed by atoms with Gasteiger partial charge in [0.25, 0.3) is 0 Å². The fourth-order valence-corrected chi connectivity index (χ4v) is 1.73. The van der Waals surface area contributed by atoms with E-state index in [2.05, 4.69) is 4.98 Å². The lowest BCUT2D eigenvalue weighted by molar-refractivity contribution is 1.41. The Hall–Kier alpha value is -0.990. The highest BCUT2D eigenvalue weighted by Crippen LogP contribution is 2.32. The maximum absolute atomic E-state index is 5.93. The third kappa shape index (κ3) is 1.32. The van der Waals surface area contributed by atoms with E-state index in [1.165, 1.54) is 0 Å². The summed E-state index contributed by atoms with van der Waals surface area (Å²) in [6.07, 6.45) is 1.67. The molecule has 1 heterocycles. The molecule has 2 rings (SSSR count). The Bertz CT molecular complexity index is 468. The Morgan fingerprint density at radius 1 is 1.23 bits per heavy atom. The second-order valence-electron chi connectivity index (χ2n) is 2.65. The van der Waals surface area contributed by atoms with Gasteiger partial charge in [0.1, 0.15) is 0 Å². The lowest BCUT2D eigenvalue weighted by atomic mass is 10.2. The molecule has 1 aromatic heterocycles. The first kappa shape index (κ1) is 8.60. The lowest BCUT2D eigenvalue weighted by Gasteiger charge is -2.04. The van der Waals surface area contributed by atoms with Crippen molar-refractivity contribution in [1.29, 1.82) is 0 Å². The third-order valence-corrected chi connectivity index (χ3v) is 2.44. The molecule has 0 radical (unpaired) electrons. The predicted octanol–water partition coefficient (Wildman–Crippen LogP) is 3.12. The Balaban J connectivity index is 2.97. The molecule has 0 amide bonds. The molecule has 2 N–H and O–H groups in total. The van der Waals surface area contributed by atoms with Gasteiger partial charge in [-0.3, -0.25) is 4.98 Å². The van der Waals surface area contributed by atoms with E-state index in [-0.39, 0.29) is 0 Å². The summed E-state index contributed by atoms with van der Waals surface area (Å²) in [7, 11) is 0. The molecule has 0 aliphatic heterocycles. The number of rotatable bonds is 0. The number of aromatic nitrogens is 1. The fourth-order valence-electron chi connectivity index (χ4n) is 1.20. The minimum atomic E-state index is 0.463. The van der Waals surface area contributed by atoms with Gasteiger partial charge >= 0.3 is 0 Å². The van der Waals surface area contributed by atoms with Crippen molar-refractivity contribution in [2.75, 3.05) is 5.73 Å². The number of anilines is 1. The van der Waals surface area contributed by atoms with E-state index in [1.807, 2.05) is 6.07 Å². The number of hydrogen-bond donors (Lipinski definition) is 1. The summed E-state index contributed by atoms with van der Waals surface area (Å²) in [5.41, 5.74) is 6.97. The van der Waals surface area contributed by atoms with Crippen molar-refractivity contribution >= 4 is 39.8 Å². The minimum absolute atomic E-state index is 0.463. The van der Waals surface area contributed by atoms with E-state index < -0.39 is 0 Å². The van der Waals surface area contributed by atoms with Gasteiger partial charge in [-0.1, -0.05) is 23.2 Å². The zero-order valence-corrected chi connectivity index (χ0v) is 8.10. The van der Waals surface area contributed by atoms with E-state index in [1.54, 1.807) is 18.3 Å². The van der Waals surface area contributed by atoms with Gasteiger partial charge in [0.15, 0.2) is 0 Å². The molecule has 0 bridgehead atoms. The topological polar surface area (TPSA) is 38.9 Å². The van der Waals surface area contributed by atoms with Gasteiger partial charge < -0.3 is 5.73 Å². The molecule has 0 aliphatic carbocycles. The van der Waals surface area contributed by atoms with Gasteiger partial charge in [-0.15, -0.1) is 0 Å². The van der Waals surface area contributed by atoms with Crippen LogP contribution in [0.3, 0.4) is 0 Å². The van der Waals surface area contributed by atoms with Crippen LogP contribution in [0.15, 0.2) is 24.4 Å². The quantitative estimate of drug-likeness (QED) is 0.682. The van der Waals surface area contributed by atoms with E-state index in [0.717, 1.165) is 5.39 Å². The van der Waals surface area contributed by atoms with Crippen LogP contribution >= 0.6 is 23.2 Å². The molecule has 0 saturated heterocycles. The molecular formula is C9H6Cl2N2. The molecule has 2 nitrogen and oxygen atoms in total. The van der Waals surface area contributed by atoms with Crippen LogP contribution in [0.2, 0.25) is 10.0 Å². The van der Waals surface area contributed by atoms with Crippen molar-refractivity contribution in [2.24, 2.45) is 0 Å². The van der Waals surface area contributed by atoms with Crippen LogP contribution < -0.4 is 5.73 Å². The number of nitrogens with two attached hydrogens (primary N) is 1. The van der Waals surface area contributed by atoms with Crippen LogP contribution in [0.4, 0.5) is 5.69 Å². The monoisotopic (exact) mass is 212 g/mol. The van der Waals surface area contributed by atoms with E-state index >= 15 is 0 Å². The Morgan fingerprint density at radius 3 is 2.77 bits per heavy atom. The number of nitrogens with zero attached hydrogens (tertiary/aromatic N) is 1. The predicted molar refractivity (Wildman–Crippen MR) is 56.2 cm³/mol. The first-order chi connectivity index (χ1) is 6.20. The summed E-state index contributed by atoms with van der Waals surface area (Å²) in [4.78, 5) is 4.11. The first-order valence-electron chi connectivity index (χ1n) is 3.68. The Morgan fingerprint density at radius 2 is 2.00 bits per heavy atom. The SMILES string of the molecule is Nc1c(Cl)cc(Cl)c2ncccc12. The van der Waals surface area contributed by atoms with Crippen LogP contribution in [0.1, 0.15) is 0 Å². The van der Waals surface area contributed by atoms with Crippen molar-refractivity contribution in [3.05, 3.63) is 34.4 Å². The molecule has 13 heavy (non-hydrogen) atoms. The van der Waals surface area contributed by atoms with Crippen LogP contribution in [-0.4, -0.2) is 4.98 Å². The molecule has 0 aliphatic rings. The summed E-state index contributed by atoms with van der Waals surface area (Å²) in [6, 6.07) is 5.24. The second-order valence-corrected chi connectivity index (χ2v) is 3.47. The standard InChI is InChI=1S/C9H6Cl2N2/c10-6-4-7(11)9-5(8(6)12)2-1-3-13-9/h1-4H,12H2. The number of benzene rings is 1. The lowest BCUT2D eigenvalue weighted by Crippen LogP contribution is -1.90. The van der Waals surface area contributed by atoms with Crippen LogP contribution in [0.5, 0.6) is 0 Å². The molecule has 0 saturated carbocycles. The largest absolute Gasteiger partial charge is 0.397 e. The van der Waals surface area contributed by atoms with Gasteiger partial charge in [-0.05, 0) is 18.2 Å². The van der Waals surface area contributed by atoms with E-state index in [0.29, 0.717) is 21.2 Å². The number of halogens is 2. The van der Waals surface area contributed by atoms with Gasteiger partial charge in [-0.2, -0.15) is 0 Å². The first-order valence-corrected chi connectivity index (χ1v) is 4.44. The van der Waals surface area contributed by atoms with Gasteiger partial charge in [0.2, 0.25) is 0 Å². The van der Waals surface area contributed by atoms with Crippen molar-refractivity contribution < 1.29 is 0 Å². The molecule has 0 fully saturated rings. The number of fused-ring (bicyclic) bond motifs is 1. The third-order valence-electron chi connectivity index (χ3n) is 1.83. The smallest absolute Gasteiger partial charge is 0.0909 e. The maximum atomic E-state index is 5.93. The molecule has 4 heteroatoms. The number of nitrogen functional groups attached to an aromatic ring is 1. The van der Waals surface area contributed by atoms with Crippen LogP contribution in [0, 0.1) is 0 Å².